The van der Waals surface area contributed by atoms with Crippen molar-refractivity contribution in [1.82, 2.24) is 4.98 Å². The molecule has 0 bridgehead atoms. The van der Waals surface area contributed by atoms with Crippen LogP contribution in [0.25, 0.3) is 0 Å². The standard InChI is InChI=1S/C14H16ClN3O2S/c1-9-6-7-17-14(15)13(9)18-10(2)11-4-3-5-12(8-11)21(16,19)20/h3-8,10,18H,1-2H3,(H2,16,19,20). The van der Waals surface area contributed by atoms with E-state index < -0.39 is 10.0 Å². The lowest BCUT2D eigenvalue weighted by atomic mass is 10.1. The van der Waals surface area contributed by atoms with E-state index in [1.54, 1.807) is 18.3 Å². The van der Waals surface area contributed by atoms with Gasteiger partial charge in [0.25, 0.3) is 0 Å². The van der Waals surface area contributed by atoms with Crippen molar-refractivity contribution in [2.45, 2.75) is 24.8 Å². The Hall–Kier alpha value is -1.63. The lowest BCUT2D eigenvalue weighted by Crippen LogP contribution is -2.14. The molecule has 5 nitrogen and oxygen atoms in total. The number of benzene rings is 1. The summed E-state index contributed by atoms with van der Waals surface area (Å²) in [5, 5.41) is 8.77. The molecule has 0 fully saturated rings. The first-order valence-electron chi connectivity index (χ1n) is 6.29. The monoisotopic (exact) mass is 325 g/mol. The minimum atomic E-state index is -3.71. The van der Waals surface area contributed by atoms with Crippen LogP contribution < -0.4 is 10.5 Å². The number of anilines is 1. The summed E-state index contributed by atoms with van der Waals surface area (Å²) in [4.78, 5) is 4.12. The first-order chi connectivity index (χ1) is 9.79. The predicted octanol–water partition coefficient (Wildman–Crippen LogP) is 2.86. The number of nitrogens with zero attached hydrogens (tertiary/aromatic N) is 1. The Labute approximate surface area is 129 Å². The molecule has 0 saturated carbocycles. The highest BCUT2D eigenvalue weighted by Gasteiger charge is 2.13. The Balaban J connectivity index is 2.31. The molecule has 1 unspecified atom stereocenters. The summed E-state index contributed by atoms with van der Waals surface area (Å²) in [6.07, 6.45) is 1.63. The Morgan fingerprint density at radius 3 is 2.67 bits per heavy atom. The topological polar surface area (TPSA) is 85.1 Å². The fourth-order valence-electron chi connectivity index (χ4n) is 1.96. The maximum absolute atomic E-state index is 11.4. The molecule has 0 amide bonds. The number of pyridine rings is 1. The number of halogens is 1. The minimum Gasteiger partial charge on any atom is -0.376 e. The highest BCUT2D eigenvalue weighted by atomic mass is 35.5. The van der Waals surface area contributed by atoms with Gasteiger partial charge in [0.2, 0.25) is 10.0 Å². The van der Waals surface area contributed by atoms with Crippen LogP contribution in [0.15, 0.2) is 41.4 Å². The van der Waals surface area contributed by atoms with Crippen molar-refractivity contribution < 1.29 is 8.42 Å². The number of nitrogens with two attached hydrogens (primary N) is 1. The van der Waals surface area contributed by atoms with Gasteiger partial charge in [0, 0.05) is 12.2 Å². The number of aromatic nitrogens is 1. The fourth-order valence-corrected chi connectivity index (χ4v) is 2.79. The molecule has 0 saturated heterocycles. The largest absolute Gasteiger partial charge is 0.376 e. The van der Waals surface area contributed by atoms with Gasteiger partial charge in [-0.2, -0.15) is 0 Å². The number of primary sulfonamides is 1. The van der Waals surface area contributed by atoms with Gasteiger partial charge in [0.05, 0.1) is 10.6 Å². The van der Waals surface area contributed by atoms with Gasteiger partial charge < -0.3 is 5.32 Å². The van der Waals surface area contributed by atoms with E-state index in [1.165, 1.54) is 6.07 Å². The molecule has 2 aromatic rings. The highest BCUT2D eigenvalue weighted by Crippen LogP contribution is 2.28. The third-order valence-corrected chi connectivity index (χ3v) is 4.36. The van der Waals surface area contributed by atoms with Gasteiger partial charge in [-0.3, -0.25) is 0 Å². The number of sulfonamides is 1. The quantitative estimate of drug-likeness (QED) is 0.846. The van der Waals surface area contributed by atoms with Crippen LogP contribution >= 0.6 is 11.6 Å². The molecule has 0 spiro atoms. The molecule has 1 aromatic carbocycles. The van der Waals surface area contributed by atoms with Gasteiger partial charge in [0.1, 0.15) is 0 Å². The van der Waals surface area contributed by atoms with Crippen LogP contribution in [0.1, 0.15) is 24.1 Å². The Kier molecular flexibility index (Phi) is 4.51. The fraction of sp³-hybridized carbons (Fsp3) is 0.214. The second-order valence-electron chi connectivity index (χ2n) is 4.78. The first kappa shape index (κ1) is 15.8. The molecule has 2 rings (SSSR count). The molecule has 0 aliphatic rings. The summed E-state index contributed by atoms with van der Waals surface area (Å²) in [6, 6.07) is 8.20. The molecule has 7 heteroatoms. The Morgan fingerprint density at radius 1 is 1.33 bits per heavy atom. The number of rotatable bonds is 4. The van der Waals surface area contributed by atoms with Gasteiger partial charge in [0.15, 0.2) is 5.15 Å². The van der Waals surface area contributed by atoms with Gasteiger partial charge in [-0.15, -0.1) is 0 Å². The van der Waals surface area contributed by atoms with Crippen molar-refractivity contribution in [3.8, 4) is 0 Å². The van der Waals surface area contributed by atoms with Gasteiger partial charge in [-0.25, -0.2) is 18.5 Å². The Morgan fingerprint density at radius 2 is 2.05 bits per heavy atom. The van der Waals surface area contributed by atoms with Crippen LogP contribution in [0.5, 0.6) is 0 Å². The van der Waals surface area contributed by atoms with Crippen molar-refractivity contribution in [1.29, 1.82) is 0 Å². The van der Waals surface area contributed by atoms with E-state index in [4.69, 9.17) is 16.7 Å². The minimum absolute atomic E-state index is 0.0858. The molecular weight excluding hydrogens is 310 g/mol. The van der Waals surface area contributed by atoms with Gasteiger partial charge in [-0.05, 0) is 43.2 Å². The van der Waals surface area contributed by atoms with Crippen LogP contribution in [-0.2, 0) is 10.0 Å². The van der Waals surface area contributed by atoms with Gasteiger partial charge in [-0.1, -0.05) is 23.7 Å². The van der Waals surface area contributed by atoms with E-state index in [0.29, 0.717) is 5.15 Å². The summed E-state index contributed by atoms with van der Waals surface area (Å²) in [5.74, 6) is 0. The van der Waals surface area contributed by atoms with E-state index in [9.17, 15) is 8.42 Å². The lowest BCUT2D eigenvalue weighted by Gasteiger charge is -2.18. The SMILES string of the molecule is Cc1ccnc(Cl)c1NC(C)c1cccc(S(N)(=O)=O)c1. The second kappa shape index (κ2) is 6.01. The number of hydrogen-bond acceptors (Lipinski definition) is 4. The van der Waals surface area contributed by atoms with Crippen LogP contribution in [0.3, 0.4) is 0 Å². The van der Waals surface area contributed by atoms with Crippen molar-refractivity contribution in [2.75, 3.05) is 5.32 Å². The zero-order valence-electron chi connectivity index (χ0n) is 11.7. The summed E-state index contributed by atoms with van der Waals surface area (Å²) < 4.78 is 22.8. The molecule has 0 aliphatic heterocycles. The summed E-state index contributed by atoms with van der Waals surface area (Å²) >= 11 is 6.08. The summed E-state index contributed by atoms with van der Waals surface area (Å²) in [5.41, 5.74) is 2.48. The van der Waals surface area contributed by atoms with E-state index >= 15 is 0 Å². The second-order valence-corrected chi connectivity index (χ2v) is 6.70. The molecule has 0 radical (unpaired) electrons. The molecular formula is C14H16ClN3O2S. The van der Waals surface area contributed by atoms with E-state index in [-0.39, 0.29) is 10.9 Å². The molecule has 0 aliphatic carbocycles. The molecule has 1 aromatic heterocycles. The third kappa shape index (κ3) is 3.72. The van der Waals surface area contributed by atoms with Crippen molar-refractivity contribution in [2.24, 2.45) is 5.14 Å². The van der Waals surface area contributed by atoms with Crippen molar-refractivity contribution in [3.63, 3.8) is 0 Å². The smallest absolute Gasteiger partial charge is 0.238 e. The molecule has 3 N–H and O–H groups in total. The van der Waals surface area contributed by atoms with E-state index in [1.807, 2.05) is 26.0 Å². The normalized spacial score (nSPS) is 13.0. The maximum atomic E-state index is 11.4. The lowest BCUT2D eigenvalue weighted by molar-refractivity contribution is 0.597. The third-order valence-electron chi connectivity index (χ3n) is 3.16. The number of hydrogen-bond donors (Lipinski definition) is 2. The average Bonchev–Trinajstić information content (AvgIpc) is 2.42. The van der Waals surface area contributed by atoms with Crippen LogP contribution in [0, 0.1) is 6.92 Å². The van der Waals surface area contributed by atoms with Crippen LogP contribution in [0.4, 0.5) is 5.69 Å². The van der Waals surface area contributed by atoms with Crippen LogP contribution in [0.2, 0.25) is 5.15 Å². The molecule has 112 valence electrons. The highest BCUT2D eigenvalue weighted by molar-refractivity contribution is 7.89. The zero-order chi connectivity index (χ0) is 15.6. The summed E-state index contributed by atoms with van der Waals surface area (Å²) in [6.45, 7) is 3.83. The predicted molar refractivity (Wildman–Crippen MR) is 83.8 cm³/mol. The molecule has 1 atom stereocenters. The number of nitrogens with one attached hydrogen (secondary N) is 1. The average molecular weight is 326 g/mol. The molecule has 1 heterocycles. The van der Waals surface area contributed by atoms with Crippen LogP contribution in [-0.4, -0.2) is 13.4 Å². The van der Waals surface area contributed by atoms with E-state index in [0.717, 1.165) is 16.8 Å². The Bertz CT molecular complexity index is 742. The van der Waals surface area contributed by atoms with E-state index in [2.05, 4.69) is 10.3 Å². The number of aryl methyl sites for hydroxylation is 1. The summed E-state index contributed by atoms with van der Waals surface area (Å²) in [7, 11) is -3.71. The molecule has 21 heavy (non-hydrogen) atoms. The maximum Gasteiger partial charge on any atom is 0.238 e. The van der Waals surface area contributed by atoms with Crippen molar-refractivity contribution >= 4 is 27.3 Å². The zero-order valence-corrected chi connectivity index (χ0v) is 13.2. The van der Waals surface area contributed by atoms with Crippen molar-refractivity contribution in [3.05, 3.63) is 52.8 Å². The van der Waals surface area contributed by atoms with Gasteiger partial charge >= 0.3 is 0 Å². The first-order valence-corrected chi connectivity index (χ1v) is 8.22.